The van der Waals surface area contributed by atoms with Crippen LogP contribution in [0.4, 0.5) is 35.9 Å². The fourth-order valence-electron chi connectivity index (χ4n) is 2.14. The van der Waals surface area contributed by atoms with E-state index in [0.717, 1.165) is 11.9 Å². The first-order valence-electron chi connectivity index (χ1n) is 6.05. The van der Waals surface area contributed by atoms with Gasteiger partial charge in [-0.05, 0) is 6.92 Å². The van der Waals surface area contributed by atoms with Crippen LogP contribution in [0.5, 0.6) is 0 Å². The molecule has 0 unspecified atom stereocenters. The summed E-state index contributed by atoms with van der Waals surface area (Å²) in [4.78, 5) is 20.2. The van der Waals surface area contributed by atoms with Gasteiger partial charge in [0.1, 0.15) is 5.69 Å². The predicted molar refractivity (Wildman–Crippen MR) is 76.0 cm³/mol. The van der Waals surface area contributed by atoms with Gasteiger partial charge in [0, 0.05) is 26.7 Å². The molecular weight excluding hydrogens is 323 g/mol. The third-order valence-corrected chi connectivity index (χ3v) is 3.28. The van der Waals surface area contributed by atoms with Crippen molar-refractivity contribution in [1.82, 2.24) is 5.01 Å². The second-order valence-corrected chi connectivity index (χ2v) is 4.84. The Morgan fingerprint density at radius 1 is 1.04 bits per heavy atom. The third kappa shape index (κ3) is 3.11. The van der Waals surface area contributed by atoms with Crippen molar-refractivity contribution in [2.75, 3.05) is 31.9 Å². The Kier molecular flexibility index (Phi) is 4.70. The van der Waals surface area contributed by atoms with Gasteiger partial charge in [0.2, 0.25) is 5.69 Å². The fourth-order valence-corrected chi connectivity index (χ4v) is 2.14. The van der Waals surface area contributed by atoms with Crippen molar-refractivity contribution in [2.24, 2.45) is 0 Å². The van der Waals surface area contributed by atoms with Crippen molar-refractivity contribution in [2.45, 2.75) is 13.1 Å². The van der Waals surface area contributed by atoms with Gasteiger partial charge in [0.05, 0.1) is 15.4 Å². The molecule has 1 aromatic rings. The minimum absolute atomic E-state index is 0.618. The zero-order valence-electron chi connectivity index (χ0n) is 12.6. The average molecular weight is 337 g/mol. The molecule has 0 fully saturated rings. The maximum absolute atomic E-state index is 13.1. The summed E-state index contributed by atoms with van der Waals surface area (Å²) >= 11 is 0. The highest BCUT2D eigenvalue weighted by Gasteiger charge is 2.45. The van der Waals surface area contributed by atoms with Crippen LogP contribution in [-0.2, 0) is 6.18 Å². The van der Waals surface area contributed by atoms with E-state index in [4.69, 9.17) is 5.73 Å². The van der Waals surface area contributed by atoms with Gasteiger partial charge in [-0.1, -0.05) is 0 Å². The minimum Gasteiger partial charge on any atom is -0.393 e. The number of hydrazine groups is 1. The third-order valence-electron chi connectivity index (χ3n) is 3.28. The number of nitrogens with zero attached hydrogens (tertiary/aromatic N) is 4. The van der Waals surface area contributed by atoms with Gasteiger partial charge in [-0.25, -0.2) is 5.01 Å². The molecule has 1 rings (SSSR count). The monoisotopic (exact) mass is 337 g/mol. The van der Waals surface area contributed by atoms with Crippen molar-refractivity contribution >= 4 is 22.7 Å². The molecule has 1 aromatic carbocycles. The van der Waals surface area contributed by atoms with E-state index >= 15 is 0 Å². The van der Waals surface area contributed by atoms with Crippen LogP contribution >= 0.6 is 0 Å². The SMILES string of the molecule is Cc1c([N+](=O)[O-])c(N(C)N(C)C)c([N+](=O)[O-])c(N)c1C(F)(F)F. The number of nitro benzene ring substituents is 2. The maximum Gasteiger partial charge on any atom is 0.419 e. The lowest BCUT2D eigenvalue weighted by Crippen LogP contribution is -2.34. The normalized spacial score (nSPS) is 11.7. The number of nitro groups is 2. The lowest BCUT2D eigenvalue weighted by atomic mass is 10.00. The van der Waals surface area contributed by atoms with Gasteiger partial charge in [-0.3, -0.25) is 25.2 Å². The number of nitrogen functional groups attached to an aromatic ring is 1. The molecule has 9 nitrogen and oxygen atoms in total. The van der Waals surface area contributed by atoms with Crippen molar-refractivity contribution in [3.8, 4) is 0 Å². The number of alkyl halides is 3. The van der Waals surface area contributed by atoms with Gasteiger partial charge in [-0.2, -0.15) is 13.2 Å². The van der Waals surface area contributed by atoms with Crippen molar-refractivity contribution in [1.29, 1.82) is 0 Å². The number of benzene rings is 1. The zero-order valence-corrected chi connectivity index (χ0v) is 12.6. The molecule has 128 valence electrons. The second-order valence-electron chi connectivity index (χ2n) is 4.84. The van der Waals surface area contributed by atoms with Crippen molar-refractivity contribution in [3.63, 3.8) is 0 Å². The Balaban J connectivity index is 4.11. The van der Waals surface area contributed by atoms with E-state index < -0.39 is 49.9 Å². The molecule has 0 radical (unpaired) electrons. The van der Waals surface area contributed by atoms with E-state index in [0.29, 0.717) is 0 Å². The van der Waals surface area contributed by atoms with Crippen LogP contribution in [0.2, 0.25) is 0 Å². The summed E-state index contributed by atoms with van der Waals surface area (Å²) in [5.74, 6) is 0. The first kappa shape index (κ1) is 18.4. The molecule has 0 saturated carbocycles. The van der Waals surface area contributed by atoms with E-state index in [1.54, 1.807) is 0 Å². The van der Waals surface area contributed by atoms with Gasteiger partial charge in [0.15, 0.2) is 0 Å². The molecule has 0 aliphatic heterocycles. The van der Waals surface area contributed by atoms with Crippen LogP contribution in [0.15, 0.2) is 0 Å². The highest BCUT2D eigenvalue weighted by Crippen LogP contribution is 2.50. The molecule has 12 heteroatoms. The number of nitrogens with two attached hydrogens (primary N) is 1. The number of halogens is 3. The molecule has 0 bridgehead atoms. The number of rotatable bonds is 4. The molecule has 0 amide bonds. The summed E-state index contributed by atoms with van der Waals surface area (Å²) in [6.45, 7) is 0.855. The van der Waals surface area contributed by atoms with Gasteiger partial charge < -0.3 is 5.73 Å². The summed E-state index contributed by atoms with van der Waals surface area (Å²) in [6.07, 6.45) is -5.07. The quantitative estimate of drug-likeness (QED) is 0.508. The van der Waals surface area contributed by atoms with Gasteiger partial charge in [-0.15, -0.1) is 0 Å². The maximum atomic E-state index is 13.1. The zero-order chi connectivity index (χ0) is 18.3. The van der Waals surface area contributed by atoms with Gasteiger partial charge in [0.25, 0.3) is 0 Å². The number of anilines is 2. The smallest absolute Gasteiger partial charge is 0.393 e. The van der Waals surface area contributed by atoms with E-state index in [1.165, 1.54) is 26.2 Å². The Morgan fingerprint density at radius 3 is 1.78 bits per heavy atom. The minimum atomic E-state index is -5.07. The molecular formula is C11H14F3N5O4. The molecule has 23 heavy (non-hydrogen) atoms. The summed E-state index contributed by atoms with van der Waals surface area (Å²) in [7, 11) is 4.06. The summed E-state index contributed by atoms with van der Waals surface area (Å²) in [6, 6.07) is 0. The highest BCUT2D eigenvalue weighted by molar-refractivity contribution is 5.88. The van der Waals surface area contributed by atoms with E-state index in [2.05, 4.69) is 0 Å². The number of hydrogen-bond donors (Lipinski definition) is 1. The topological polar surface area (TPSA) is 119 Å². The van der Waals surface area contributed by atoms with Crippen molar-refractivity contribution < 1.29 is 23.0 Å². The summed E-state index contributed by atoms with van der Waals surface area (Å²) in [5.41, 5.74) is -0.966. The molecule has 0 aliphatic carbocycles. The molecule has 0 aromatic heterocycles. The largest absolute Gasteiger partial charge is 0.419 e. The Bertz CT molecular complexity index is 634. The Labute approximate surface area is 128 Å². The van der Waals surface area contributed by atoms with E-state index in [-0.39, 0.29) is 0 Å². The Hall–Kier alpha value is -2.63. The highest BCUT2D eigenvalue weighted by atomic mass is 19.4. The molecule has 0 spiro atoms. The van der Waals surface area contributed by atoms with E-state index in [9.17, 15) is 33.4 Å². The summed E-state index contributed by atoms with van der Waals surface area (Å²) < 4.78 is 39.4. The molecule has 0 aliphatic rings. The van der Waals surface area contributed by atoms with E-state index in [1.807, 2.05) is 0 Å². The van der Waals surface area contributed by atoms with Crippen LogP contribution in [-0.4, -0.2) is 36.0 Å². The number of hydrogen-bond acceptors (Lipinski definition) is 7. The van der Waals surface area contributed by atoms with Crippen LogP contribution in [0.3, 0.4) is 0 Å². The van der Waals surface area contributed by atoms with Crippen LogP contribution in [0.1, 0.15) is 11.1 Å². The standard InChI is InChI=1S/C11H14F3N5O4/c1-5-6(11(12,13)14)7(15)9(19(22)23)10(8(5)18(20)21)17(4)16(2)3/h15H2,1-4H3. The van der Waals surface area contributed by atoms with Crippen LogP contribution in [0.25, 0.3) is 0 Å². The first-order chi connectivity index (χ1) is 10.3. The van der Waals surface area contributed by atoms with Crippen LogP contribution in [0, 0.1) is 27.2 Å². The first-order valence-corrected chi connectivity index (χ1v) is 6.05. The Morgan fingerprint density at radius 2 is 1.48 bits per heavy atom. The summed E-state index contributed by atoms with van der Waals surface area (Å²) in [5, 5.41) is 24.7. The second kappa shape index (κ2) is 5.87. The fraction of sp³-hybridized carbons (Fsp3) is 0.455. The molecule has 0 saturated heterocycles. The lowest BCUT2D eigenvalue weighted by molar-refractivity contribution is -0.393. The lowest BCUT2D eigenvalue weighted by Gasteiger charge is -2.27. The molecule has 0 heterocycles. The van der Waals surface area contributed by atoms with Gasteiger partial charge >= 0.3 is 17.6 Å². The molecule has 2 N–H and O–H groups in total. The average Bonchev–Trinajstić information content (AvgIpc) is 2.33. The van der Waals surface area contributed by atoms with Crippen LogP contribution < -0.4 is 10.7 Å². The van der Waals surface area contributed by atoms with Crippen molar-refractivity contribution in [3.05, 3.63) is 31.4 Å². The predicted octanol–water partition coefficient (Wildman–Crippen LogP) is 2.33. The molecule has 0 atom stereocenters.